The molecule has 1 saturated heterocycles. The Bertz CT molecular complexity index is 601. The number of anilines is 2. The standard InChI is InChI=1S/C16H19BrN2O2/c1-10-6-11(17)13(7-12(10)18)19-14(20)8-16(9-15(19)21)4-2-3-5-16/h6-7H,2-5,8-9,18H2,1H3. The number of aryl methyl sites for hydroxylation is 1. The van der Waals surface area contributed by atoms with Crippen LogP contribution in [0.25, 0.3) is 0 Å². The second-order valence-electron chi connectivity index (χ2n) is 6.34. The molecule has 1 spiro atoms. The van der Waals surface area contributed by atoms with Gasteiger partial charge in [0, 0.05) is 23.0 Å². The molecule has 1 heterocycles. The Morgan fingerprint density at radius 1 is 1.14 bits per heavy atom. The molecule has 0 atom stereocenters. The molecule has 2 N–H and O–H groups in total. The van der Waals surface area contributed by atoms with E-state index in [2.05, 4.69) is 15.9 Å². The Labute approximate surface area is 132 Å². The number of halogens is 1. The van der Waals surface area contributed by atoms with E-state index in [4.69, 9.17) is 5.73 Å². The Balaban J connectivity index is 1.95. The number of nitrogen functional groups attached to an aromatic ring is 1. The van der Waals surface area contributed by atoms with Crippen LogP contribution < -0.4 is 10.6 Å². The van der Waals surface area contributed by atoms with Gasteiger partial charge in [0.2, 0.25) is 11.8 Å². The molecule has 1 aromatic carbocycles. The lowest BCUT2D eigenvalue weighted by atomic mass is 9.76. The van der Waals surface area contributed by atoms with Crippen LogP contribution in [0, 0.1) is 12.3 Å². The van der Waals surface area contributed by atoms with Gasteiger partial charge in [0.15, 0.2) is 0 Å². The van der Waals surface area contributed by atoms with Crippen molar-refractivity contribution in [3.05, 3.63) is 22.2 Å². The number of rotatable bonds is 1. The van der Waals surface area contributed by atoms with Crippen LogP contribution in [0.1, 0.15) is 44.1 Å². The van der Waals surface area contributed by atoms with E-state index in [0.717, 1.165) is 35.7 Å². The van der Waals surface area contributed by atoms with Gasteiger partial charge in [-0.2, -0.15) is 0 Å². The number of benzene rings is 1. The molecule has 1 aliphatic carbocycles. The zero-order valence-electron chi connectivity index (χ0n) is 12.1. The number of piperidine rings is 1. The van der Waals surface area contributed by atoms with Gasteiger partial charge < -0.3 is 5.73 Å². The average molecular weight is 351 g/mol. The number of hydrogen-bond acceptors (Lipinski definition) is 3. The second kappa shape index (κ2) is 5.13. The minimum Gasteiger partial charge on any atom is -0.398 e. The van der Waals surface area contributed by atoms with Crippen molar-refractivity contribution in [3.63, 3.8) is 0 Å². The van der Waals surface area contributed by atoms with E-state index < -0.39 is 0 Å². The number of imide groups is 1. The van der Waals surface area contributed by atoms with Gasteiger partial charge in [-0.05, 0) is 58.8 Å². The minimum absolute atomic E-state index is 0.0760. The topological polar surface area (TPSA) is 63.4 Å². The quantitative estimate of drug-likeness (QED) is 0.622. The lowest BCUT2D eigenvalue weighted by Gasteiger charge is -2.37. The van der Waals surface area contributed by atoms with Gasteiger partial charge in [-0.15, -0.1) is 0 Å². The van der Waals surface area contributed by atoms with Crippen molar-refractivity contribution in [2.45, 2.75) is 45.4 Å². The Morgan fingerprint density at radius 3 is 2.29 bits per heavy atom. The summed E-state index contributed by atoms with van der Waals surface area (Å²) in [6, 6.07) is 3.56. The van der Waals surface area contributed by atoms with Gasteiger partial charge in [0.1, 0.15) is 0 Å². The van der Waals surface area contributed by atoms with Crippen molar-refractivity contribution in [1.82, 2.24) is 0 Å². The maximum Gasteiger partial charge on any atom is 0.234 e. The maximum atomic E-state index is 12.6. The minimum atomic E-state index is -0.0999. The smallest absolute Gasteiger partial charge is 0.234 e. The van der Waals surface area contributed by atoms with Gasteiger partial charge in [0.25, 0.3) is 0 Å². The molecule has 0 unspecified atom stereocenters. The number of nitrogens with two attached hydrogens (primary N) is 1. The number of hydrogen-bond donors (Lipinski definition) is 1. The van der Waals surface area contributed by atoms with Crippen molar-refractivity contribution >= 4 is 39.1 Å². The lowest BCUT2D eigenvalue weighted by Crippen LogP contribution is -2.47. The highest BCUT2D eigenvalue weighted by Crippen LogP contribution is 2.48. The summed E-state index contributed by atoms with van der Waals surface area (Å²) in [7, 11) is 0. The van der Waals surface area contributed by atoms with Gasteiger partial charge >= 0.3 is 0 Å². The number of nitrogens with zero attached hydrogens (tertiary/aromatic N) is 1. The highest BCUT2D eigenvalue weighted by molar-refractivity contribution is 9.10. The number of carbonyl (C=O) groups is 2. The SMILES string of the molecule is Cc1cc(Br)c(N2C(=O)CC3(CCCC3)CC2=O)cc1N. The van der Waals surface area contributed by atoms with Crippen molar-refractivity contribution in [1.29, 1.82) is 0 Å². The van der Waals surface area contributed by atoms with E-state index in [0.29, 0.717) is 24.2 Å². The molecular weight excluding hydrogens is 332 g/mol. The van der Waals surface area contributed by atoms with Crippen molar-refractivity contribution in [2.24, 2.45) is 5.41 Å². The average Bonchev–Trinajstić information content (AvgIpc) is 2.82. The van der Waals surface area contributed by atoms with E-state index in [-0.39, 0.29) is 17.2 Å². The van der Waals surface area contributed by atoms with Crippen LogP contribution in [-0.2, 0) is 9.59 Å². The molecule has 112 valence electrons. The number of carbonyl (C=O) groups excluding carboxylic acids is 2. The maximum absolute atomic E-state index is 12.6. The first kappa shape index (κ1) is 14.6. The third kappa shape index (κ3) is 2.48. The first-order chi connectivity index (χ1) is 9.92. The zero-order chi connectivity index (χ0) is 15.2. The van der Waals surface area contributed by atoms with Crippen LogP contribution in [0.4, 0.5) is 11.4 Å². The second-order valence-corrected chi connectivity index (χ2v) is 7.20. The highest BCUT2D eigenvalue weighted by atomic mass is 79.9. The van der Waals surface area contributed by atoms with Crippen LogP contribution >= 0.6 is 15.9 Å². The third-order valence-corrected chi connectivity index (χ3v) is 5.43. The molecule has 1 saturated carbocycles. The normalized spacial score (nSPS) is 21.3. The molecule has 2 amide bonds. The van der Waals surface area contributed by atoms with E-state index in [9.17, 15) is 9.59 Å². The van der Waals surface area contributed by atoms with E-state index >= 15 is 0 Å². The van der Waals surface area contributed by atoms with Gasteiger partial charge in [-0.3, -0.25) is 9.59 Å². The molecule has 1 aliphatic heterocycles. The predicted molar refractivity (Wildman–Crippen MR) is 85.9 cm³/mol. The fourth-order valence-corrected chi connectivity index (χ4v) is 4.23. The molecule has 0 radical (unpaired) electrons. The predicted octanol–water partition coefficient (Wildman–Crippen LogP) is 3.55. The van der Waals surface area contributed by atoms with E-state index in [1.54, 1.807) is 6.07 Å². The summed E-state index contributed by atoms with van der Waals surface area (Å²) in [6.45, 7) is 1.90. The van der Waals surface area contributed by atoms with Crippen LogP contribution in [0.3, 0.4) is 0 Å². The Kier molecular flexibility index (Phi) is 3.56. The molecule has 0 bridgehead atoms. The summed E-state index contributed by atoms with van der Waals surface area (Å²) in [4.78, 5) is 26.4. The molecule has 4 nitrogen and oxygen atoms in total. The van der Waals surface area contributed by atoms with Crippen LogP contribution in [0.2, 0.25) is 0 Å². The molecule has 2 fully saturated rings. The van der Waals surface area contributed by atoms with Crippen LogP contribution in [0.5, 0.6) is 0 Å². The number of amides is 2. The summed E-state index contributed by atoms with van der Waals surface area (Å²) in [5.41, 5.74) is 7.95. The van der Waals surface area contributed by atoms with E-state index in [1.807, 2.05) is 13.0 Å². The third-order valence-electron chi connectivity index (χ3n) is 4.79. The molecular formula is C16H19BrN2O2. The largest absolute Gasteiger partial charge is 0.398 e. The molecule has 0 aromatic heterocycles. The van der Waals surface area contributed by atoms with Crippen molar-refractivity contribution in [3.8, 4) is 0 Å². The summed E-state index contributed by atoms with van der Waals surface area (Å²) in [6.07, 6.45) is 5.19. The van der Waals surface area contributed by atoms with Crippen LogP contribution in [0.15, 0.2) is 16.6 Å². The zero-order valence-corrected chi connectivity index (χ0v) is 13.7. The molecule has 3 rings (SSSR count). The van der Waals surface area contributed by atoms with Crippen molar-refractivity contribution in [2.75, 3.05) is 10.6 Å². The highest BCUT2D eigenvalue weighted by Gasteiger charge is 2.45. The fourth-order valence-electron chi connectivity index (χ4n) is 3.60. The first-order valence-corrected chi connectivity index (χ1v) is 8.13. The molecule has 5 heteroatoms. The van der Waals surface area contributed by atoms with Gasteiger partial charge in [-0.25, -0.2) is 4.90 Å². The van der Waals surface area contributed by atoms with Crippen molar-refractivity contribution < 1.29 is 9.59 Å². The van der Waals surface area contributed by atoms with Crippen LogP contribution in [-0.4, -0.2) is 11.8 Å². The summed E-state index contributed by atoms with van der Waals surface area (Å²) >= 11 is 3.45. The van der Waals surface area contributed by atoms with Gasteiger partial charge in [0.05, 0.1) is 5.69 Å². The fraction of sp³-hybridized carbons (Fsp3) is 0.500. The summed E-state index contributed by atoms with van der Waals surface area (Å²) in [5, 5.41) is 0. The Morgan fingerprint density at radius 2 is 1.71 bits per heavy atom. The van der Waals surface area contributed by atoms with E-state index in [1.165, 1.54) is 4.90 Å². The summed E-state index contributed by atoms with van der Waals surface area (Å²) in [5.74, 6) is -0.200. The monoisotopic (exact) mass is 350 g/mol. The summed E-state index contributed by atoms with van der Waals surface area (Å²) < 4.78 is 0.735. The molecule has 21 heavy (non-hydrogen) atoms. The lowest BCUT2D eigenvalue weighted by molar-refractivity contribution is -0.133. The molecule has 1 aromatic rings. The Hall–Kier alpha value is -1.36. The molecule has 2 aliphatic rings. The van der Waals surface area contributed by atoms with Gasteiger partial charge in [-0.1, -0.05) is 12.8 Å². The first-order valence-electron chi connectivity index (χ1n) is 7.33.